The first-order valence-corrected chi connectivity index (χ1v) is 6.66. The van der Waals surface area contributed by atoms with Crippen molar-refractivity contribution in [1.29, 1.82) is 0 Å². The van der Waals surface area contributed by atoms with E-state index in [0.717, 1.165) is 19.6 Å². The monoisotopic (exact) mass is 251 g/mol. The zero-order valence-corrected chi connectivity index (χ0v) is 11.1. The van der Waals surface area contributed by atoms with Crippen LogP contribution in [0.15, 0.2) is 4.52 Å². The summed E-state index contributed by atoms with van der Waals surface area (Å²) in [5.41, 5.74) is 1.28. The molecule has 2 heterocycles. The maximum absolute atomic E-state index is 12.1. The van der Waals surface area contributed by atoms with Crippen LogP contribution in [-0.2, 0) is 6.42 Å². The van der Waals surface area contributed by atoms with Crippen molar-refractivity contribution in [3.8, 4) is 0 Å². The molecule has 1 saturated heterocycles. The van der Waals surface area contributed by atoms with Gasteiger partial charge in [0.2, 0.25) is 0 Å². The summed E-state index contributed by atoms with van der Waals surface area (Å²) >= 11 is 0. The van der Waals surface area contributed by atoms with E-state index in [1.807, 2.05) is 6.92 Å². The van der Waals surface area contributed by atoms with Crippen molar-refractivity contribution in [1.82, 2.24) is 15.8 Å². The van der Waals surface area contributed by atoms with Crippen LogP contribution >= 0.6 is 0 Å². The third-order valence-corrected chi connectivity index (χ3v) is 3.43. The van der Waals surface area contributed by atoms with Crippen molar-refractivity contribution in [3.05, 3.63) is 17.0 Å². The molecule has 1 amide bonds. The molecule has 2 rings (SSSR count). The SMILES string of the molecule is CCc1onc(C)c1C(=O)NCC1CCCNC1. The molecular formula is C13H21N3O2. The van der Waals surface area contributed by atoms with Crippen LogP contribution < -0.4 is 10.6 Å². The second-order valence-corrected chi connectivity index (χ2v) is 4.84. The number of nitrogens with one attached hydrogen (secondary N) is 2. The second-order valence-electron chi connectivity index (χ2n) is 4.84. The Morgan fingerprint density at radius 2 is 2.44 bits per heavy atom. The number of nitrogens with zero attached hydrogens (tertiary/aromatic N) is 1. The number of aryl methyl sites for hydroxylation is 2. The molecular weight excluding hydrogens is 230 g/mol. The lowest BCUT2D eigenvalue weighted by Crippen LogP contribution is -2.38. The first-order valence-electron chi connectivity index (χ1n) is 6.66. The fourth-order valence-electron chi connectivity index (χ4n) is 2.37. The minimum atomic E-state index is -0.0591. The van der Waals surface area contributed by atoms with Crippen molar-refractivity contribution >= 4 is 5.91 Å². The molecule has 1 aromatic rings. The molecule has 0 bridgehead atoms. The number of carbonyl (C=O) groups is 1. The lowest BCUT2D eigenvalue weighted by atomic mass is 9.99. The predicted molar refractivity (Wildman–Crippen MR) is 68.5 cm³/mol. The van der Waals surface area contributed by atoms with E-state index >= 15 is 0 Å². The lowest BCUT2D eigenvalue weighted by molar-refractivity contribution is 0.0942. The summed E-state index contributed by atoms with van der Waals surface area (Å²) < 4.78 is 5.13. The van der Waals surface area contributed by atoms with Crippen LogP contribution in [0.4, 0.5) is 0 Å². The third-order valence-electron chi connectivity index (χ3n) is 3.43. The normalized spacial score (nSPS) is 19.8. The molecule has 1 aromatic heterocycles. The van der Waals surface area contributed by atoms with E-state index in [9.17, 15) is 4.79 Å². The van der Waals surface area contributed by atoms with Gasteiger partial charge >= 0.3 is 0 Å². The summed E-state index contributed by atoms with van der Waals surface area (Å²) in [5.74, 6) is 1.15. The molecule has 2 N–H and O–H groups in total. The Balaban J connectivity index is 1.92. The van der Waals surface area contributed by atoms with Crippen molar-refractivity contribution in [2.45, 2.75) is 33.1 Å². The quantitative estimate of drug-likeness (QED) is 0.846. The highest BCUT2D eigenvalue weighted by Gasteiger charge is 2.20. The van der Waals surface area contributed by atoms with Crippen molar-refractivity contribution in [3.63, 3.8) is 0 Å². The largest absolute Gasteiger partial charge is 0.360 e. The highest BCUT2D eigenvalue weighted by atomic mass is 16.5. The van der Waals surface area contributed by atoms with Gasteiger partial charge in [-0.15, -0.1) is 0 Å². The first-order chi connectivity index (χ1) is 8.72. The Bertz CT molecular complexity index is 408. The molecule has 0 aromatic carbocycles. The minimum Gasteiger partial charge on any atom is -0.360 e. The van der Waals surface area contributed by atoms with Gasteiger partial charge in [0.05, 0.1) is 5.69 Å². The smallest absolute Gasteiger partial charge is 0.256 e. The Morgan fingerprint density at radius 1 is 1.61 bits per heavy atom. The van der Waals surface area contributed by atoms with Crippen LogP contribution in [-0.4, -0.2) is 30.7 Å². The highest BCUT2D eigenvalue weighted by Crippen LogP contribution is 2.14. The highest BCUT2D eigenvalue weighted by molar-refractivity contribution is 5.96. The molecule has 0 radical (unpaired) electrons. The second kappa shape index (κ2) is 6.00. The predicted octanol–water partition coefficient (Wildman–Crippen LogP) is 1.27. The van der Waals surface area contributed by atoms with Gasteiger partial charge in [0.15, 0.2) is 0 Å². The number of hydrogen-bond donors (Lipinski definition) is 2. The van der Waals surface area contributed by atoms with E-state index < -0.39 is 0 Å². The lowest BCUT2D eigenvalue weighted by Gasteiger charge is -2.22. The summed E-state index contributed by atoms with van der Waals surface area (Å²) in [5, 5.41) is 10.2. The minimum absolute atomic E-state index is 0.0591. The molecule has 0 aliphatic carbocycles. The number of piperidine rings is 1. The fraction of sp³-hybridized carbons (Fsp3) is 0.692. The van der Waals surface area contributed by atoms with Gasteiger partial charge in [-0.2, -0.15) is 0 Å². The first kappa shape index (κ1) is 13.1. The zero-order chi connectivity index (χ0) is 13.0. The topological polar surface area (TPSA) is 67.2 Å². The van der Waals surface area contributed by atoms with Gasteiger partial charge in [0.25, 0.3) is 5.91 Å². The van der Waals surface area contributed by atoms with Gasteiger partial charge in [-0.1, -0.05) is 12.1 Å². The number of amides is 1. The summed E-state index contributed by atoms with van der Waals surface area (Å²) in [6.45, 7) is 6.57. The number of hydrogen-bond acceptors (Lipinski definition) is 4. The molecule has 1 aliphatic heterocycles. The summed E-state index contributed by atoms with van der Waals surface area (Å²) in [7, 11) is 0. The molecule has 0 spiro atoms. The summed E-state index contributed by atoms with van der Waals surface area (Å²) in [4.78, 5) is 12.1. The van der Waals surface area contributed by atoms with Crippen LogP contribution in [0.25, 0.3) is 0 Å². The van der Waals surface area contributed by atoms with Gasteiger partial charge in [-0.25, -0.2) is 0 Å². The average molecular weight is 251 g/mol. The number of carbonyl (C=O) groups excluding carboxylic acids is 1. The van der Waals surface area contributed by atoms with E-state index in [1.165, 1.54) is 12.8 Å². The molecule has 18 heavy (non-hydrogen) atoms. The van der Waals surface area contributed by atoms with Gasteiger partial charge in [0, 0.05) is 13.0 Å². The maximum Gasteiger partial charge on any atom is 0.256 e. The molecule has 1 unspecified atom stereocenters. The maximum atomic E-state index is 12.1. The van der Waals surface area contributed by atoms with Gasteiger partial charge in [0.1, 0.15) is 11.3 Å². The third kappa shape index (κ3) is 2.90. The molecule has 100 valence electrons. The molecule has 5 nitrogen and oxygen atoms in total. The Morgan fingerprint density at radius 3 is 3.11 bits per heavy atom. The molecule has 1 atom stereocenters. The van der Waals surface area contributed by atoms with E-state index in [-0.39, 0.29) is 5.91 Å². The van der Waals surface area contributed by atoms with Crippen LogP contribution in [0.5, 0.6) is 0 Å². The summed E-state index contributed by atoms with van der Waals surface area (Å²) in [6.07, 6.45) is 3.05. The molecule has 0 saturated carbocycles. The Hall–Kier alpha value is -1.36. The van der Waals surface area contributed by atoms with Crippen molar-refractivity contribution < 1.29 is 9.32 Å². The number of rotatable bonds is 4. The van der Waals surface area contributed by atoms with E-state index in [4.69, 9.17) is 4.52 Å². The Labute approximate surface area is 107 Å². The van der Waals surface area contributed by atoms with Crippen LogP contribution in [0.1, 0.15) is 41.6 Å². The van der Waals surface area contributed by atoms with Crippen LogP contribution in [0.3, 0.4) is 0 Å². The molecule has 1 aliphatic rings. The van der Waals surface area contributed by atoms with Crippen LogP contribution in [0, 0.1) is 12.8 Å². The standard InChI is InChI=1S/C13H21N3O2/c1-3-11-12(9(2)16-18-11)13(17)15-8-10-5-4-6-14-7-10/h10,14H,3-8H2,1-2H3,(H,15,17). The van der Waals surface area contributed by atoms with Crippen molar-refractivity contribution in [2.24, 2.45) is 5.92 Å². The Kier molecular flexibility index (Phi) is 4.36. The van der Waals surface area contributed by atoms with Gasteiger partial charge < -0.3 is 15.2 Å². The fourth-order valence-corrected chi connectivity index (χ4v) is 2.37. The van der Waals surface area contributed by atoms with Gasteiger partial charge in [-0.05, 0) is 38.8 Å². The summed E-state index contributed by atoms with van der Waals surface area (Å²) in [6, 6.07) is 0. The van der Waals surface area contributed by atoms with Crippen molar-refractivity contribution in [2.75, 3.05) is 19.6 Å². The zero-order valence-electron chi connectivity index (χ0n) is 11.1. The van der Waals surface area contributed by atoms with Crippen LogP contribution in [0.2, 0.25) is 0 Å². The molecule has 1 fully saturated rings. The molecule has 5 heteroatoms. The van der Waals surface area contributed by atoms with E-state index in [1.54, 1.807) is 6.92 Å². The van der Waals surface area contributed by atoms with E-state index in [2.05, 4.69) is 15.8 Å². The average Bonchev–Trinajstić information content (AvgIpc) is 2.78. The van der Waals surface area contributed by atoms with Gasteiger partial charge in [-0.3, -0.25) is 4.79 Å². The number of aromatic nitrogens is 1. The van der Waals surface area contributed by atoms with E-state index in [0.29, 0.717) is 29.4 Å².